The van der Waals surface area contributed by atoms with Crippen LogP contribution in [0.5, 0.6) is 0 Å². The zero-order chi connectivity index (χ0) is 22.6. The number of benzene rings is 3. The number of hydrogen-bond donors (Lipinski definition) is 0. The molecule has 0 aliphatic rings. The zero-order valence-electron chi connectivity index (χ0n) is 18.0. The van der Waals surface area contributed by atoms with Crippen LogP contribution in [0.1, 0.15) is 22.8 Å². The highest BCUT2D eigenvalue weighted by Crippen LogP contribution is 2.29. The topological polar surface area (TPSA) is 69.6 Å². The van der Waals surface area contributed by atoms with Gasteiger partial charge in [0.05, 0.1) is 23.5 Å². The van der Waals surface area contributed by atoms with Crippen LogP contribution in [0.15, 0.2) is 101 Å². The van der Waals surface area contributed by atoms with Crippen molar-refractivity contribution < 1.29 is 13.9 Å². The molecule has 162 valence electrons. The van der Waals surface area contributed by atoms with Crippen molar-refractivity contribution in [3.63, 3.8) is 0 Å². The molecule has 5 rings (SSSR count). The fourth-order valence-corrected chi connectivity index (χ4v) is 3.53. The molecule has 0 amide bonds. The van der Waals surface area contributed by atoms with Gasteiger partial charge in [-0.15, -0.1) is 0 Å². The highest BCUT2D eigenvalue weighted by molar-refractivity contribution is 5.92. The Kier molecular flexibility index (Phi) is 5.55. The summed E-state index contributed by atoms with van der Waals surface area (Å²) in [6, 6.07) is 26.7. The van der Waals surface area contributed by atoms with Crippen molar-refractivity contribution in [2.24, 2.45) is 4.99 Å². The van der Waals surface area contributed by atoms with E-state index >= 15 is 0 Å². The van der Waals surface area contributed by atoms with Gasteiger partial charge in [-0.25, -0.2) is 9.48 Å². The van der Waals surface area contributed by atoms with E-state index < -0.39 is 0 Å². The number of carbonyl (C=O) groups excluding carboxylic acids is 1. The van der Waals surface area contributed by atoms with Crippen LogP contribution in [-0.2, 0) is 4.74 Å². The molecule has 0 aliphatic heterocycles. The van der Waals surface area contributed by atoms with E-state index in [9.17, 15) is 4.79 Å². The molecular weight excluding hydrogens is 414 g/mol. The van der Waals surface area contributed by atoms with E-state index in [0.717, 1.165) is 22.2 Å². The average molecular weight is 435 g/mol. The molecule has 0 atom stereocenters. The lowest BCUT2D eigenvalue weighted by Gasteiger charge is -2.01. The zero-order valence-corrected chi connectivity index (χ0v) is 18.0. The normalized spacial score (nSPS) is 11.3. The van der Waals surface area contributed by atoms with Gasteiger partial charge in [0.1, 0.15) is 11.3 Å². The minimum Gasteiger partial charge on any atom is -0.462 e. The second-order valence-corrected chi connectivity index (χ2v) is 7.39. The Balaban J connectivity index is 1.51. The fraction of sp³-hybridized carbons (Fsp3) is 0.0741. The molecule has 0 bridgehead atoms. The molecule has 0 N–H and O–H groups in total. The Bertz CT molecular complexity index is 1400. The van der Waals surface area contributed by atoms with Crippen LogP contribution in [0.25, 0.3) is 28.1 Å². The number of aromatic nitrogens is 2. The Hall–Kier alpha value is -4.45. The standard InChI is InChI=1S/C27H21N3O3/c1-2-32-27(31)19-12-14-22(15-13-19)28-17-21-18-30(23-9-4-3-5-10-23)29-26(21)25-16-20-8-6-7-11-24(20)33-25/h3-18H,2H2,1H3. The van der Waals surface area contributed by atoms with Crippen molar-refractivity contribution in [2.75, 3.05) is 6.61 Å². The molecule has 0 radical (unpaired) electrons. The van der Waals surface area contributed by atoms with Gasteiger partial charge in [0.25, 0.3) is 0 Å². The largest absolute Gasteiger partial charge is 0.462 e. The third-order valence-corrected chi connectivity index (χ3v) is 5.15. The number of carbonyl (C=O) groups is 1. The quantitative estimate of drug-likeness (QED) is 0.235. The summed E-state index contributed by atoms with van der Waals surface area (Å²) in [4.78, 5) is 16.5. The summed E-state index contributed by atoms with van der Waals surface area (Å²) < 4.78 is 12.9. The Morgan fingerprint density at radius 1 is 1.03 bits per heavy atom. The maximum Gasteiger partial charge on any atom is 0.338 e. The minimum absolute atomic E-state index is 0.342. The summed E-state index contributed by atoms with van der Waals surface area (Å²) in [5.41, 5.74) is 4.46. The Morgan fingerprint density at radius 3 is 2.55 bits per heavy atom. The lowest BCUT2D eigenvalue weighted by atomic mass is 10.2. The molecule has 0 fully saturated rings. The molecule has 33 heavy (non-hydrogen) atoms. The fourth-order valence-electron chi connectivity index (χ4n) is 3.53. The second-order valence-electron chi connectivity index (χ2n) is 7.39. The lowest BCUT2D eigenvalue weighted by molar-refractivity contribution is 0.0526. The van der Waals surface area contributed by atoms with E-state index in [2.05, 4.69) is 4.99 Å². The molecule has 2 aromatic heterocycles. The molecule has 0 aliphatic carbocycles. The number of furan rings is 1. The average Bonchev–Trinajstić information content (AvgIpc) is 3.48. The molecule has 0 saturated heterocycles. The van der Waals surface area contributed by atoms with E-state index in [1.54, 1.807) is 37.4 Å². The summed E-state index contributed by atoms with van der Waals surface area (Å²) >= 11 is 0. The number of nitrogens with zero attached hydrogens (tertiary/aromatic N) is 3. The van der Waals surface area contributed by atoms with Crippen LogP contribution in [-0.4, -0.2) is 28.6 Å². The third kappa shape index (κ3) is 4.32. The monoisotopic (exact) mass is 435 g/mol. The maximum atomic E-state index is 11.9. The molecule has 2 heterocycles. The Labute approximate surface area is 190 Å². The minimum atomic E-state index is -0.343. The van der Waals surface area contributed by atoms with E-state index in [1.165, 1.54) is 0 Å². The van der Waals surface area contributed by atoms with Gasteiger partial charge in [0, 0.05) is 23.4 Å². The van der Waals surface area contributed by atoms with Gasteiger partial charge in [0.15, 0.2) is 5.76 Å². The van der Waals surface area contributed by atoms with Crippen LogP contribution in [0.2, 0.25) is 0 Å². The van der Waals surface area contributed by atoms with Crippen LogP contribution in [0.3, 0.4) is 0 Å². The molecule has 3 aromatic carbocycles. The number of ether oxygens (including phenoxy) is 1. The molecular formula is C27H21N3O3. The number of para-hydroxylation sites is 2. The van der Waals surface area contributed by atoms with Gasteiger partial charge in [-0.05, 0) is 55.5 Å². The van der Waals surface area contributed by atoms with Crippen molar-refractivity contribution >= 4 is 28.8 Å². The predicted molar refractivity (Wildman–Crippen MR) is 128 cm³/mol. The number of rotatable bonds is 6. The number of esters is 1. The van der Waals surface area contributed by atoms with Crippen LogP contribution >= 0.6 is 0 Å². The molecule has 5 aromatic rings. The molecule has 6 nitrogen and oxygen atoms in total. The van der Waals surface area contributed by atoms with Crippen molar-refractivity contribution in [1.82, 2.24) is 9.78 Å². The molecule has 6 heteroatoms. The maximum absolute atomic E-state index is 11.9. The first kappa shape index (κ1) is 20.5. The van der Waals surface area contributed by atoms with Crippen molar-refractivity contribution in [2.45, 2.75) is 6.92 Å². The van der Waals surface area contributed by atoms with Gasteiger partial charge >= 0.3 is 5.97 Å². The molecule has 0 spiro atoms. The van der Waals surface area contributed by atoms with Gasteiger partial charge in [-0.2, -0.15) is 5.10 Å². The number of hydrogen-bond acceptors (Lipinski definition) is 5. The first-order valence-corrected chi connectivity index (χ1v) is 10.7. The van der Waals surface area contributed by atoms with Crippen molar-refractivity contribution in [3.8, 4) is 17.1 Å². The van der Waals surface area contributed by atoms with Gasteiger partial charge in [-0.3, -0.25) is 4.99 Å². The van der Waals surface area contributed by atoms with Gasteiger partial charge < -0.3 is 9.15 Å². The predicted octanol–water partition coefficient (Wildman–Crippen LogP) is 6.21. The van der Waals surface area contributed by atoms with Gasteiger partial charge in [-0.1, -0.05) is 36.4 Å². The molecule has 0 unspecified atom stereocenters. The summed E-state index contributed by atoms with van der Waals surface area (Å²) in [6.07, 6.45) is 3.68. The highest BCUT2D eigenvalue weighted by Gasteiger charge is 2.15. The summed E-state index contributed by atoms with van der Waals surface area (Å²) in [5, 5.41) is 5.80. The van der Waals surface area contributed by atoms with E-state index in [1.807, 2.05) is 71.5 Å². The van der Waals surface area contributed by atoms with Crippen LogP contribution < -0.4 is 0 Å². The van der Waals surface area contributed by atoms with Crippen molar-refractivity contribution in [1.29, 1.82) is 0 Å². The van der Waals surface area contributed by atoms with Crippen molar-refractivity contribution in [3.05, 3.63) is 102 Å². The summed E-state index contributed by atoms with van der Waals surface area (Å²) in [6.45, 7) is 2.13. The smallest absolute Gasteiger partial charge is 0.338 e. The first-order valence-electron chi connectivity index (χ1n) is 10.7. The SMILES string of the molecule is CCOC(=O)c1ccc(N=Cc2cn(-c3ccccc3)nc2-c2cc3ccccc3o2)cc1. The van der Waals surface area contributed by atoms with Crippen LogP contribution in [0, 0.1) is 0 Å². The lowest BCUT2D eigenvalue weighted by Crippen LogP contribution is -2.03. The number of fused-ring (bicyclic) bond motifs is 1. The van der Waals surface area contributed by atoms with E-state index in [0.29, 0.717) is 29.3 Å². The van der Waals surface area contributed by atoms with Crippen LogP contribution in [0.4, 0.5) is 5.69 Å². The summed E-state index contributed by atoms with van der Waals surface area (Å²) in [7, 11) is 0. The summed E-state index contributed by atoms with van der Waals surface area (Å²) in [5.74, 6) is 0.328. The first-order chi connectivity index (χ1) is 16.2. The third-order valence-electron chi connectivity index (χ3n) is 5.15. The highest BCUT2D eigenvalue weighted by atomic mass is 16.5. The van der Waals surface area contributed by atoms with E-state index in [-0.39, 0.29) is 5.97 Å². The Morgan fingerprint density at radius 2 is 1.79 bits per heavy atom. The molecule has 0 saturated carbocycles. The van der Waals surface area contributed by atoms with Gasteiger partial charge in [0.2, 0.25) is 0 Å². The second kappa shape index (κ2) is 8.96. The van der Waals surface area contributed by atoms with E-state index in [4.69, 9.17) is 14.3 Å². The number of aliphatic imine (C=N–C) groups is 1.